The lowest BCUT2D eigenvalue weighted by Crippen LogP contribution is -2.25. The first-order valence-electron chi connectivity index (χ1n) is 9.73. The van der Waals surface area contributed by atoms with Gasteiger partial charge in [0, 0.05) is 30.4 Å². The summed E-state index contributed by atoms with van der Waals surface area (Å²) in [6.07, 6.45) is -3.91. The van der Waals surface area contributed by atoms with E-state index in [2.05, 4.69) is 5.32 Å². The third-order valence-corrected chi connectivity index (χ3v) is 5.29. The maximum Gasteiger partial charge on any atom is 0.416 e. The number of carbonyl (C=O) groups excluding carboxylic acids is 2. The number of carbonyl (C=O) groups is 2. The summed E-state index contributed by atoms with van der Waals surface area (Å²) in [4.78, 5) is 26.4. The molecule has 0 unspecified atom stereocenters. The molecule has 31 heavy (non-hydrogen) atoms. The zero-order chi connectivity index (χ0) is 22.2. The summed E-state index contributed by atoms with van der Waals surface area (Å²) >= 11 is 0. The second-order valence-electron chi connectivity index (χ2n) is 7.34. The Bertz CT molecular complexity index is 1160. The molecule has 2 amide bonds. The SMILES string of the molecule is CC(=O)N1CCc2cc(NC(=O)c3cc(C(F)(F)F)ccc3-c3ccccc3)ccc21. The van der Waals surface area contributed by atoms with Gasteiger partial charge in [-0.2, -0.15) is 13.2 Å². The summed E-state index contributed by atoms with van der Waals surface area (Å²) in [5.41, 5.74) is 2.26. The summed E-state index contributed by atoms with van der Waals surface area (Å²) in [7, 11) is 0. The minimum absolute atomic E-state index is 0.0630. The Kier molecular flexibility index (Phi) is 5.27. The molecular formula is C24H19F3N2O2. The Morgan fingerprint density at radius 3 is 2.39 bits per heavy atom. The van der Waals surface area contributed by atoms with Crippen LogP contribution in [0.15, 0.2) is 66.7 Å². The van der Waals surface area contributed by atoms with Crippen molar-refractivity contribution >= 4 is 23.2 Å². The van der Waals surface area contributed by atoms with Gasteiger partial charge in [-0.15, -0.1) is 0 Å². The summed E-state index contributed by atoms with van der Waals surface area (Å²) in [5.74, 6) is -0.696. The van der Waals surface area contributed by atoms with Crippen LogP contribution in [0.1, 0.15) is 28.4 Å². The van der Waals surface area contributed by atoms with Crippen LogP contribution in [0.3, 0.4) is 0 Å². The summed E-state index contributed by atoms with van der Waals surface area (Å²) in [6.45, 7) is 2.05. The van der Waals surface area contributed by atoms with E-state index in [0.29, 0.717) is 29.8 Å². The number of fused-ring (bicyclic) bond motifs is 1. The predicted molar refractivity (Wildman–Crippen MR) is 113 cm³/mol. The van der Waals surface area contributed by atoms with Crippen molar-refractivity contribution < 1.29 is 22.8 Å². The number of nitrogens with zero attached hydrogens (tertiary/aromatic N) is 1. The van der Waals surface area contributed by atoms with Gasteiger partial charge in [0.1, 0.15) is 0 Å². The molecule has 0 saturated carbocycles. The molecule has 0 saturated heterocycles. The Hall–Kier alpha value is -3.61. The van der Waals surface area contributed by atoms with Crippen molar-refractivity contribution in [3.63, 3.8) is 0 Å². The first-order chi connectivity index (χ1) is 14.7. The van der Waals surface area contributed by atoms with Gasteiger partial charge in [0.05, 0.1) is 5.56 Å². The number of hydrogen-bond donors (Lipinski definition) is 1. The minimum Gasteiger partial charge on any atom is -0.322 e. The van der Waals surface area contributed by atoms with E-state index in [1.807, 2.05) is 0 Å². The Morgan fingerprint density at radius 2 is 1.71 bits per heavy atom. The minimum atomic E-state index is -4.56. The molecule has 1 aliphatic rings. The molecule has 4 rings (SSSR count). The highest BCUT2D eigenvalue weighted by molar-refractivity contribution is 6.09. The molecule has 0 aliphatic carbocycles. The Balaban J connectivity index is 1.69. The maximum absolute atomic E-state index is 13.3. The van der Waals surface area contributed by atoms with Gasteiger partial charge in [-0.05, 0) is 53.4 Å². The van der Waals surface area contributed by atoms with Crippen LogP contribution in [0.5, 0.6) is 0 Å². The van der Waals surface area contributed by atoms with Crippen LogP contribution < -0.4 is 10.2 Å². The van der Waals surface area contributed by atoms with Crippen LogP contribution in [-0.4, -0.2) is 18.4 Å². The quantitative estimate of drug-likeness (QED) is 0.601. The first-order valence-corrected chi connectivity index (χ1v) is 9.73. The van der Waals surface area contributed by atoms with Gasteiger partial charge in [-0.25, -0.2) is 0 Å². The lowest BCUT2D eigenvalue weighted by atomic mass is 9.96. The Morgan fingerprint density at radius 1 is 0.968 bits per heavy atom. The van der Waals surface area contributed by atoms with Crippen LogP contribution in [0.25, 0.3) is 11.1 Å². The molecule has 0 radical (unpaired) electrons. The van der Waals surface area contributed by atoms with Crippen molar-refractivity contribution in [2.45, 2.75) is 19.5 Å². The van der Waals surface area contributed by atoms with E-state index in [1.54, 1.807) is 53.4 Å². The van der Waals surface area contributed by atoms with E-state index < -0.39 is 17.6 Å². The molecule has 0 aromatic heterocycles. The second-order valence-corrected chi connectivity index (χ2v) is 7.34. The number of hydrogen-bond acceptors (Lipinski definition) is 2. The van der Waals surface area contributed by atoms with Gasteiger partial charge >= 0.3 is 6.18 Å². The van der Waals surface area contributed by atoms with Crippen LogP contribution in [0, 0.1) is 0 Å². The number of rotatable bonds is 3. The van der Waals surface area contributed by atoms with Crippen molar-refractivity contribution in [3.8, 4) is 11.1 Å². The molecule has 1 heterocycles. The zero-order valence-electron chi connectivity index (χ0n) is 16.7. The molecule has 0 fully saturated rings. The molecule has 0 atom stereocenters. The standard InChI is InChI=1S/C24H19F3N2O2/c1-15(30)29-12-11-17-13-19(8-10-22(17)29)28-23(31)21-14-18(24(25,26)27)7-9-20(21)16-5-3-2-4-6-16/h2-10,13-14H,11-12H2,1H3,(H,28,31). The van der Waals surface area contributed by atoms with Gasteiger partial charge in [0.15, 0.2) is 0 Å². The number of alkyl halides is 3. The number of amides is 2. The van der Waals surface area contributed by atoms with E-state index >= 15 is 0 Å². The van der Waals surface area contributed by atoms with E-state index in [-0.39, 0.29) is 11.5 Å². The predicted octanol–water partition coefficient (Wildman–Crippen LogP) is 5.53. The molecule has 1 aliphatic heterocycles. The Labute approximate surface area is 177 Å². The largest absolute Gasteiger partial charge is 0.416 e. The average Bonchev–Trinajstić information content (AvgIpc) is 3.17. The first kappa shape index (κ1) is 20.7. The second kappa shape index (κ2) is 7.91. The fraction of sp³-hybridized carbons (Fsp3) is 0.167. The highest BCUT2D eigenvalue weighted by Crippen LogP contribution is 2.34. The molecule has 1 N–H and O–H groups in total. The summed E-state index contributed by atoms with van der Waals surface area (Å²) < 4.78 is 39.8. The number of anilines is 2. The third-order valence-electron chi connectivity index (χ3n) is 5.29. The van der Waals surface area contributed by atoms with Gasteiger partial charge in [0.2, 0.25) is 5.91 Å². The molecular weight excluding hydrogens is 405 g/mol. The highest BCUT2D eigenvalue weighted by Gasteiger charge is 2.32. The summed E-state index contributed by atoms with van der Waals surface area (Å²) in [5, 5.41) is 2.71. The van der Waals surface area contributed by atoms with Crippen LogP contribution >= 0.6 is 0 Å². The molecule has 0 bridgehead atoms. The van der Waals surface area contributed by atoms with Crippen LogP contribution in [-0.2, 0) is 17.4 Å². The van der Waals surface area contributed by atoms with Gasteiger partial charge in [-0.3, -0.25) is 9.59 Å². The third kappa shape index (κ3) is 4.17. The monoisotopic (exact) mass is 424 g/mol. The van der Waals surface area contributed by atoms with Gasteiger partial charge < -0.3 is 10.2 Å². The normalized spacial score (nSPS) is 13.1. The van der Waals surface area contributed by atoms with Crippen molar-refractivity contribution in [2.24, 2.45) is 0 Å². The van der Waals surface area contributed by atoms with Crippen molar-refractivity contribution in [2.75, 3.05) is 16.8 Å². The van der Waals surface area contributed by atoms with E-state index in [0.717, 1.165) is 23.4 Å². The molecule has 7 heteroatoms. The smallest absolute Gasteiger partial charge is 0.322 e. The van der Waals surface area contributed by atoms with E-state index in [9.17, 15) is 22.8 Å². The van der Waals surface area contributed by atoms with Gasteiger partial charge in [0.25, 0.3) is 5.91 Å². The van der Waals surface area contributed by atoms with Crippen LogP contribution in [0.2, 0.25) is 0 Å². The number of benzene rings is 3. The molecule has 3 aromatic rings. The average molecular weight is 424 g/mol. The number of nitrogens with one attached hydrogen (secondary N) is 1. The number of halogens is 3. The fourth-order valence-electron chi connectivity index (χ4n) is 3.78. The van der Waals surface area contributed by atoms with Crippen molar-refractivity contribution in [3.05, 3.63) is 83.4 Å². The molecule has 4 nitrogen and oxygen atoms in total. The van der Waals surface area contributed by atoms with E-state index in [4.69, 9.17) is 0 Å². The molecule has 158 valence electrons. The topological polar surface area (TPSA) is 49.4 Å². The lowest BCUT2D eigenvalue weighted by Gasteiger charge is -2.16. The fourth-order valence-corrected chi connectivity index (χ4v) is 3.78. The lowest BCUT2D eigenvalue weighted by molar-refractivity contribution is -0.137. The van der Waals surface area contributed by atoms with E-state index in [1.165, 1.54) is 13.0 Å². The van der Waals surface area contributed by atoms with Crippen molar-refractivity contribution in [1.29, 1.82) is 0 Å². The van der Waals surface area contributed by atoms with Crippen LogP contribution in [0.4, 0.5) is 24.5 Å². The maximum atomic E-state index is 13.3. The molecule has 3 aromatic carbocycles. The van der Waals surface area contributed by atoms with Crippen molar-refractivity contribution in [1.82, 2.24) is 0 Å². The summed E-state index contributed by atoms with van der Waals surface area (Å²) in [6, 6.07) is 17.1. The van der Waals surface area contributed by atoms with Gasteiger partial charge in [-0.1, -0.05) is 36.4 Å². The highest BCUT2D eigenvalue weighted by atomic mass is 19.4. The molecule has 0 spiro atoms. The zero-order valence-corrected chi connectivity index (χ0v) is 16.7.